The topological polar surface area (TPSA) is 37.9 Å². The highest BCUT2D eigenvalue weighted by molar-refractivity contribution is 4.98. The Kier molecular flexibility index (Phi) is 2.45. The number of methoxy groups -OCH3 is 1. The van der Waals surface area contributed by atoms with Gasteiger partial charge in [-0.15, -0.1) is 0 Å². The minimum Gasteiger partial charge on any atom is -0.384 e. The van der Waals surface area contributed by atoms with Crippen molar-refractivity contribution in [3.8, 4) is 0 Å². The van der Waals surface area contributed by atoms with Gasteiger partial charge in [-0.3, -0.25) is 0 Å². The molecule has 1 N–H and O–H groups in total. The lowest BCUT2D eigenvalue weighted by molar-refractivity contribution is 0.200. The number of aromatic nitrogens is 2. The summed E-state index contributed by atoms with van der Waals surface area (Å²) in [6.45, 7) is 2.72. The van der Waals surface area contributed by atoms with Crippen LogP contribution in [0.1, 0.15) is 11.5 Å². The van der Waals surface area contributed by atoms with Gasteiger partial charge >= 0.3 is 0 Å². The van der Waals surface area contributed by atoms with Gasteiger partial charge in [0.15, 0.2) is 0 Å². The first-order valence-corrected chi connectivity index (χ1v) is 3.32. The molecular formula is C7H12N2O. The predicted octanol–water partition coefficient (Wildman–Crippen LogP) is 0.907. The van der Waals surface area contributed by atoms with Crippen molar-refractivity contribution in [1.82, 2.24) is 9.97 Å². The van der Waals surface area contributed by atoms with E-state index >= 15 is 0 Å². The molecule has 0 fully saturated rings. The summed E-state index contributed by atoms with van der Waals surface area (Å²) in [6, 6.07) is 0. The number of hydrogen-bond acceptors (Lipinski definition) is 2. The van der Waals surface area contributed by atoms with E-state index in [1.165, 1.54) is 0 Å². The monoisotopic (exact) mass is 140 g/mol. The van der Waals surface area contributed by atoms with E-state index in [2.05, 4.69) is 9.97 Å². The zero-order valence-corrected chi connectivity index (χ0v) is 6.35. The summed E-state index contributed by atoms with van der Waals surface area (Å²) in [7, 11) is 1.69. The Morgan fingerprint density at radius 2 is 2.50 bits per heavy atom. The summed E-state index contributed by atoms with van der Waals surface area (Å²) >= 11 is 0. The largest absolute Gasteiger partial charge is 0.384 e. The maximum atomic E-state index is 4.90. The highest BCUT2D eigenvalue weighted by atomic mass is 16.5. The molecule has 10 heavy (non-hydrogen) atoms. The summed E-state index contributed by atoms with van der Waals surface area (Å²) in [5.74, 6) is 0.999. The molecule has 0 aliphatic carbocycles. The molecule has 0 amide bonds. The smallest absolute Gasteiger partial charge is 0.108 e. The fourth-order valence-corrected chi connectivity index (χ4v) is 0.793. The molecule has 56 valence electrons. The summed E-state index contributed by atoms with van der Waals surface area (Å²) in [5.41, 5.74) is 1.10. The highest BCUT2D eigenvalue weighted by Crippen LogP contribution is 1.94. The van der Waals surface area contributed by atoms with Gasteiger partial charge in [-0.2, -0.15) is 0 Å². The van der Waals surface area contributed by atoms with Crippen LogP contribution in [0.5, 0.6) is 0 Å². The number of aromatic amines is 1. The van der Waals surface area contributed by atoms with E-state index in [1.807, 2.05) is 13.1 Å². The van der Waals surface area contributed by atoms with Crippen LogP contribution in [0.15, 0.2) is 6.20 Å². The number of aryl methyl sites for hydroxylation is 1. The molecule has 3 heteroatoms. The zero-order chi connectivity index (χ0) is 7.40. The maximum Gasteiger partial charge on any atom is 0.108 e. The third-order valence-corrected chi connectivity index (χ3v) is 1.30. The van der Waals surface area contributed by atoms with Crippen molar-refractivity contribution in [2.45, 2.75) is 13.3 Å². The van der Waals surface area contributed by atoms with Gasteiger partial charge in [-0.05, 0) is 6.92 Å². The van der Waals surface area contributed by atoms with E-state index in [0.717, 1.165) is 24.5 Å². The average Bonchev–Trinajstić information content (AvgIpc) is 2.31. The van der Waals surface area contributed by atoms with Crippen molar-refractivity contribution in [1.29, 1.82) is 0 Å². The molecule has 0 bridgehead atoms. The minimum atomic E-state index is 0.729. The van der Waals surface area contributed by atoms with Crippen LogP contribution in [0.3, 0.4) is 0 Å². The van der Waals surface area contributed by atoms with E-state index in [1.54, 1.807) is 7.11 Å². The van der Waals surface area contributed by atoms with E-state index in [4.69, 9.17) is 4.74 Å². The Hall–Kier alpha value is -0.830. The van der Waals surface area contributed by atoms with Crippen molar-refractivity contribution in [3.63, 3.8) is 0 Å². The molecule has 0 aliphatic rings. The number of hydrogen-bond donors (Lipinski definition) is 1. The number of nitrogens with one attached hydrogen (secondary N) is 1. The molecule has 0 saturated carbocycles. The summed E-state index contributed by atoms with van der Waals surface area (Å²) in [5, 5.41) is 0. The lowest BCUT2D eigenvalue weighted by atomic mass is 10.4. The zero-order valence-electron chi connectivity index (χ0n) is 6.35. The van der Waals surface area contributed by atoms with Crippen molar-refractivity contribution in [3.05, 3.63) is 17.7 Å². The molecule has 0 spiro atoms. The van der Waals surface area contributed by atoms with Crippen LogP contribution >= 0.6 is 0 Å². The average molecular weight is 140 g/mol. The van der Waals surface area contributed by atoms with Gasteiger partial charge in [-0.1, -0.05) is 0 Å². The Balaban J connectivity index is 2.42. The van der Waals surface area contributed by atoms with Gasteiger partial charge in [0.25, 0.3) is 0 Å². The Morgan fingerprint density at radius 3 is 3.00 bits per heavy atom. The standard InChI is InChI=1S/C7H12N2O/c1-6-5-8-7(9-6)3-4-10-2/h5H,3-4H2,1-2H3,(H,8,9). The first-order valence-electron chi connectivity index (χ1n) is 3.32. The van der Waals surface area contributed by atoms with E-state index in [-0.39, 0.29) is 0 Å². The molecule has 0 unspecified atom stereocenters. The molecular weight excluding hydrogens is 128 g/mol. The molecule has 0 atom stereocenters. The fraction of sp³-hybridized carbons (Fsp3) is 0.571. The number of ether oxygens (including phenoxy) is 1. The van der Waals surface area contributed by atoms with Crippen LogP contribution < -0.4 is 0 Å². The SMILES string of the molecule is COCCc1ncc(C)[nH]1. The second-order valence-electron chi connectivity index (χ2n) is 2.26. The lowest BCUT2D eigenvalue weighted by Crippen LogP contribution is -1.95. The van der Waals surface area contributed by atoms with Gasteiger partial charge in [0.2, 0.25) is 0 Å². The molecule has 1 rings (SSSR count). The van der Waals surface area contributed by atoms with Crippen LogP contribution in [0, 0.1) is 6.92 Å². The van der Waals surface area contributed by atoms with Gasteiger partial charge in [0.05, 0.1) is 6.61 Å². The Bertz CT molecular complexity index is 195. The lowest BCUT2D eigenvalue weighted by Gasteiger charge is -1.92. The van der Waals surface area contributed by atoms with Crippen LogP contribution in [-0.2, 0) is 11.2 Å². The Labute approximate surface area is 60.4 Å². The first kappa shape index (κ1) is 7.28. The van der Waals surface area contributed by atoms with Crippen LogP contribution in [0.2, 0.25) is 0 Å². The maximum absolute atomic E-state index is 4.90. The molecule has 0 aromatic carbocycles. The minimum absolute atomic E-state index is 0.729. The van der Waals surface area contributed by atoms with Crippen molar-refractivity contribution < 1.29 is 4.74 Å². The van der Waals surface area contributed by atoms with Gasteiger partial charge in [0.1, 0.15) is 5.82 Å². The molecule has 0 radical (unpaired) electrons. The van der Waals surface area contributed by atoms with Crippen LogP contribution in [0.4, 0.5) is 0 Å². The normalized spacial score (nSPS) is 10.2. The summed E-state index contributed by atoms with van der Waals surface area (Å²) < 4.78 is 4.90. The molecule has 1 heterocycles. The number of H-pyrrole nitrogens is 1. The van der Waals surface area contributed by atoms with Gasteiger partial charge < -0.3 is 9.72 Å². The number of nitrogens with zero attached hydrogens (tertiary/aromatic N) is 1. The summed E-state index contributed by atoms with van der Waals surface area (Å²) in [4.78, 5) is 7.24. The second kappa shape index (κ2) is 3.37. The van der Waals surface area contributed by atoms with Crippen LogP contribution in [0.25, 0.3) is 0 Å². The Morgan fingerprint density at radius 1 is 1.70 bits per heavy atom. The molecule has 1 aromatic rings. The van der Waals surface area contributed by atoms with E-state index < -0.39 is 0 Å². The molecule has 0 aliphatic heterocycles. The third kappa shape index (κ3) is 1.84. The highest BCUT2D eigenvalue weighted by Gasteiger charge is 1.94. The summed E-state index contributed by atoms with van der Waals surface area (Å²) in [6.07, 6.45) is 2.69. The van der Waals surface area contributed by atoms with Crippen molar-refractivity contribution >= 4 is 0 Å². The second-order valence-corrected chi connectivity index (χ2v) is 2.26. The third-order valence-electron chi connectivity index (χ3n) is 1.30. The number of imidazole rings is 1. The van der Waals surface area contributed by atoms with Crippen molar-refractivity contribution in [2.24, 2.45) is 0 Å². The predicted molar refractivity (Wildman–Crippen MR) is 38.9 cm³/mol. The molecule has 1 aromatic heterocycles. The fourth-order valence-electron chi connectivity index (χ4n) is 0.793. The quantitative estimate of drug-likeness (QED) is 0.677. The number of rotatable bonds is 3. The molecule has 3 nitrogen and oxygen atoms in total. The van der Waals surface area contributed by atoms with E-state index in [0.29, 0.717) is 0 Å². The molecule has 0 saturated heterocycles. The van der Waals surface area contributed by atoms with Gasteiger partial charge in [0, 0.05) is 25.4 Å². The van der Waals surface area contributed by atoms with E-state index in [9.17, 15) is 0 Å². The van der Waals surface area contributed by atoms with Gasteiger partial charge in [-0.25, -0.2) is 4.98 Å². The first-order chi connectivity index (χ1) is 4.83. The van der Waals surface area contributed by atoms with Crippen molar-refractivity contribution in [2.75, 3.05) is 13.7 Å². The van der Waals surface area contributed by atoms with Crippen LogP contribution in [-0.4, -0.2) is 23.7 Å².